The third-order valence-electron chi connectivity index (χ3n) is 2.23. The van der Waals surface area contributed by atoms with Crippen LogP contribution in [-0.4, -0.2) is 47.0 Å². The highest BCUT2D eigenvalue weighted by Crippen LogP contribution is 1.90. The smallest absolute Gasteiger partial charge is 0.211 e. The second-order valence-electron chi connectivity index (χ2n) is 3.89. The van der Waals surface area contributed by atoms with E-state index in [-0.39, 0.29) is 5.75 Å². The van der Waals surface area contributed by atoms with Crippen molar-refractivity contribution in [3.63, 3.8) is 0 Å². The molecule has 0 bridgehead atoms. The van der Waals surface area contributed by atoms with Gasteiger partial charge in [0.25, 0.3) is 0 Å². The standard InChI is InChI=1S/C11H26N2O3S/c1-3-5-9-16-10-8-13-17(14,15)11-6-7-12-4-2/h12-13H,3-11H2,1-2H3. The van der Waals surface area contributed by atoms with E-state index >= 15 is 0 Å². The number of nitrogens with one attached hydrogen (secondary N) is 2. The summed E-state index contributed by atoms with van der Waals surface area (Å²) in [6, 6.07) is 0. The summed E-state index contributed by atoms with van der Waals surface area (Å²) < 4.78 is 30.8. The third-order valence-corrected chi connectivity index (χ3v) is 3.70. The first-order valence-corrected chi connectivity index (χ1v) is 8.03. The Hall–Kier alpha value is -0.170. The van der Waals surface area contributed by atoms with Crippen LogP contribution >= 0.6 is 0 Å². The van der Waals surface area contributed by atoms with E-state index in [0.29, 0.717) is 26.2 Å². The predicted octanol–water partition coefficient (Wildman–Crippen LogP) is 0.722. The van der Waals surface area contributed by atoms with Gasteiger partial charge in [0.2, 0.25) is 10.0 Å². The Morgan fingerprint density at radius 3 is 2.47 bits per heavy atom. The molecule has 0 saturated heterocycles. The number of hydrogen-bond acceptors (Lipinski definition) is 4. The molecule has 0 heterocycles. The molecule has 0 aromatic rings. The summed E-state index contributed by atoms with van der Waals surface area (Å²) in [6.07, 6.45) is 2.76. The van der Waals surface area contributed by atoms with Gasteiger partial charge in [-0.3, -0.25) is 0 Å². The number of unbranched alkanes of at least 4 members (excludes halogenated alkanes) is 1. The zero-order valence-corrected chi connectivity index (χ0v) is 11.8. The van der Waals surface area contributed by atoms with Crippen LogP contribution in [0.1, 0.15) is 33.1 Å². The number of hydrogen-bond donors (Lipinski definition) is 2. The summed E-state index contributed by atoms with van der Waals surface area (Å²) in [6.45, 7) is 7.23. The molecule has 0 spiro atoms. The molecule has 0 aliphatic rings. The highest BCUT2D eigenvalue weighted by atomic mass is 32.2. The van der Waals surface area contributed by atoms with Gasteiger partial charge in [0, 0.05) is 13.2 Å². The summed E-state index contributed by atoms with van der Waals surface area (Å²) in [4.78, 5) is 0. The molecule has 5 nitrogen and oxygen atoms in total. The van der Waals surface area contributed by atoms with E-state index < -0.39 is 10.0 Å². The van der Waals surface area contributed by atoms with Gasteiger partial charge in [0.1, 0.15) is 0 Å². The molecule has 0 aliphatic heterocycles. The molecule has 2 N–H and O–H groups in total. The minimum absolute atomic E-state index is 0.176. The fraction of sp³-hybridized carbons (Fsp3) is 1.00. The normalized spacial score (nSPS) is 11.9. The van der Waals surface area contributed by atoms with Crippen molar-refractivity contribution in [1.82, 2.24) is 10.0 Å². The molecule has 0 fully saturated rings. The van der Waals surface area contributed by atoms with Gasteiger partial charge in [-0.1, -0.05) is 20.3 Å². The molecule has 0 radical (unpaired) electrons. The van der Waals surface area contributed by atoms with Crippen molar-refractivity contribution in [1.29, 1.82) is 0 Å². The lowest BCUT2D eigenvalue weighted by Crippen LogP contribution is -2.31. The monoisotopic (exact) mass is 266 g/mol. The van der Waals surface area contributed by atoms with E-state index in [4.69, 9.17) is 4.74 Å². The lowest BCUT2D eigenvalue weighted by molar-refractivity contribution is 0.136. The first kappa shape index (κ1) is 16.8. The molecule has 0 rings (SSSR count). The van der Waals surface area contributed by atoms with Gasteiger partial charge in [-0.25, -0.2) is 13.1 Å². The second-order valence-corrected chi connectivity index (χ2v) is 5.81. The Bertz CT molecular complexity index is 255. The van der Waals surface area contributed by atoms with Crippen LogP contribution in [-0.2, 0) is 14.8 Å². The summed E-state index contributed by atoms with van der Waals surface area (Å²) >= 11 is 0. The van der Waals surface area contributed by atoms with E-state index in [0.717, 1.165) is 25.9 Å². The molecular formula is C11H26N2O3S. The average Bonchev–Trinajstić information content (AvgIpc) is 2.29. The number of rotatable bonds is 12. The molecular weight excluding hydrogens is 240 g/mol. The van der Waals surface area contributed by atoms with Gasteiger partial charge < -0.3 is 10.1 Å². The first-order chi connectivity index (χ1) is 8.12. The Labute approximate surface area is 105 Å². The second kappa shape index (κ2) is 11.0. The largest absolute Gasteiger partial charge is 0.380 e. The molecule has 0 aromatic heterocycles. The molecule has 0 saturated carbocycles. The quantitative estimate of drug-likeness (QED) is 0.511. The highest BCUT2D eigenvalue weighted by molar-refractivity contribution is 7.89. The van der Waals surface area contributed by atoms with Gasteiger partial charge in [-0.2, -0.15) is 0 Å². The molecule has 0 atom stereocenters. The van der Waals surface area contributed by atoms with E-state index in [9.17, 15) is 8.42 Å². The van der Waals surface area contributed by atoms with Crippen molar-refractivity contribution in [3.05, 3.63) is 0 Å². The average molecular weight is 266 g/mol. The van der Waals surface area contributed by atoms with Crippen molar-refractivity contribution in [3.8, 4) is 0 Å². The van der Waals surface area contributed by atoms with Crippen molar-refractivity contribution < 1.29 is 13.2 Å². The lowest BCUT2D eigenvalue weighted by atomic mass is 10.4. The summed E-state index contributed by atoms with van der Waals surface area (Å²) in [5.74, 6) is 0.176. The number of sulfonamides is 1. The van der Waals surface area contributed by atoms with E-state index in [1.165, 1.54) is 0 Å². The Morgan fingerprint density at radius 1 is 1.06 bits per heavy atom. The first-order valence-electron chi connectivity index (χ1n) is 6.38. The maximum Gasteiger partial charge on any atom is 0.211 e. The van der Waals surface area contributed by atoms with Crippen molar-refractivity contribution in [2.75, 3.05) is 38.6 Å². The van der Waals surface area contributed by atoms with Crippen LogP contribution in [0.2, 0.25) is 0 Å². The molecule has 0 amide bonds. The summed E-state index contributed by atoms with van der Waals surface area (Å²) in [5, 5.41) is 3.09. The topological polar surface area (TPSA) is 67.4 Å². The lowest BCUT2D eigenvalue weighted by Gasteiger charge is -2.07. The third kappa shape index (κ3) is 12.1. The maximum atomic E-state index is 11.5. The molecule has 6 heteroatoms. The van der Waals surface area contributed by atoms with E-state index in [1.54, 1.807) is 0 Å². The van der Waals surface area contributed by atoms with E-state index in [1.807, 2.05) is 6.92 Å². The fourth-order valence-electron chi connectivity index (χ4n) is 1.25. The van der Waals surface area contributed by atoms with Crippen molar-refractivity contribution in [2.45, 2.75) is 33.1 Å². The van der Waals surface area contributed by atoms with Crippen LogP contribution in [0.4, 0.5) is 0 Å². The van der Waals surface area contributed by atoms with Crippen molar-refractivity contribution in [2.24, 2.45) is 0 Å². The van der Waals surface area contributed by atoms with Crippen LogP contribution in [0, 0.1) is 0 Å². The molecule has 0 unspecified atom stereocenters. The minimum atomic E-state index is -3.12. The summed E-state index contributed by atoms with van der Waals surface area (Å²) in [5.41, 5.74) is 0. The SMILES string of the molecule is CCCCOCCNS(=O)(=O)CCCNCC. The highest BCUT2D eigenvalue weighted by Gasteiger charge is 2.08. The van der Waals surface area contributed by atoms with Crippen LogP contribution in [0.5, 0.6) is 0 Å². The fourth-order valence-corrected chi connectivity index (χ4v) is 2.32. The Balaban J connectivity index is 3.44. The molecule has 104 valence electrons. The van der Waals surface area contributed by atoms with Gasteiger partial charge in [-0.05, 0) is 25.9 Å². The zero-order chi connectivity index (χ0) is 13.0. The van der Waals surface area contributed by atoms with Crippen LogP contribution in [0.15, 0.2) is 0 Å². The molecule has 17 heavy (non-hydrogen) atoms. The Morgan fingerprint density at radius 2 is 1.82 bits per heavy atom. The number of ether oxygens (including phenoxy) is 1. The van der Waals surface area contributed by atoms with Crippen LogP contribution in [0.25, 0.3) is 0 Å². The zero-order valence-electron chi connectivity index (χ0n) is 11.0. The van der Waals surface area contributed by atoms with E-state index in [2.05, 4.69) is 17.0 Å². The molecule has 0 aromatic carbocycles. The van der Waals surface area contributed by atoms with Crippen LogP contribution < -0.4 is 10.0 Å². The minimum Gasteiger partial charge on any atom is -0.380 e. The Kier molecular flexibility index (Phi) is 10.8. The van der Waals surface area contributed by atoms with Gasteiger partial charge >= 0.3 is 0 Å². The predicted molar refractivity (Wildman–Crippen MR) is 70.7 cm³/mol. The van der Waals surface area contributed by atoms with Gasteiger partial charge in [0.15, 0.2) is 0 Å². The van der Waals surface area contributed by atoms with Gasteiger partial charge in [-0.15, -0.1) is 0 Å². The van der Waals surface area contributed by atoms with Gasteiger partial charge in [0.05, 0.1) is 12.4 Å². The molecule has 0 aliphatic carbocycles. The van der Waals surface area contributed by atoms with Crippen LogP contribution in [0.3, 0.4) is 0 Å². The van der Waals surface area contributed by atoms with Crippen molar-refractivity contribution >= 4 is 10.0 Å². The maximum absolute atomic E-state index is 11.5. The summed E-state index contributed by atoms with van der Waals surface area (Å²) in [7, 11) is -3.12.